The SMILES string of the molecule is CC[C@H](C)[C@H](N)C(=O)OC1CC(C)OC(C)C1. The van der Waals surface area contributed by atoms with Crippen molar-refractivity contribution in [2.24, 2.45) is 11.7 Å². The lowest BCUT2D eigenvalue weighted by Crippen LogP contribution is -2.42. The Morgan fingerprint density at radius 2 is 1.94 bits per heavy atom. The smallest absolute Gasteiger partial charge is 0.323 e. The zero-order valence-electron chi connectivity index (χ0n) is 11.3. The molecule has 0 aromatic carbocycles. The minimum absolute atomic E-state index is 0.0450. The van der Waals surface area contributed by atoms with E-state index in [9.17, 15) is 4.79 Å². The van der Waals surface area contributed by atoms with Gasteiger partial charge in [0, 0.05) is 12.8 Å². The van der Waals surface area contributed by atoms with Crippen molar-refractivity contribution >= 4 is 5.97 Å². The maximum absolute atomic E-state index is 11.8. The van der Waals surface area contributed by atoms with Crippen LogP contribution >= 0.6 is 0 Å². The minimum atomic E-state index is -0.506. The summed E-state index contributed by atoms with van der Waals surface area (Å²) in [5, 5.41) is 0. The quantitative estimate of drug-likeness (QED) is 0.766. The maximum Gasteiger partial charge on any atom is 0.323 e. The fraction of sp³-hybridized carbons (Fsp3) is 0.923. The molecule has 0 saturated carbocycles. The second-order valence-corrected chi connectivity index (χ2v) is 5.20. The highest BCUT2D eigenvalue weighted by Gasteiger charge is 2.30. The Hall–Kier alpha value is -0.610. The highest BCUT2D eigenvalue weighted by atomic mass is 16.6. The standard InChI is InChI=1S/C13H25NO3/c1-5-8(2)12(14)13(15)17-11-6-9(3)16-10(4)7-11/h8-12H,5-7,14H2,1-4H3/t8-,9?,10?,11?,12-/m0/s1. The van der Waals surface area contributed by atoms with Gasteiger partial charge in [0.05, 0.1) is 12.2 Å². The molecular weight excluding hydrogens is 218 g/mol. The van der Waals surface area contributed by atoms with Gasteiger partial charge in [-0.1, -0.05) is 20.3 Å². The summed E-state index contributed by atoms with van der Waals surface area (Å²) in [5.74, 6) is -0.108. The Bertz CT molecular complexity index is 247. The van der Waals surface area contributed by atoms with Crippen molar-refractivity contribution in [2.75, 3.05) is 0 Å². The molecule has 0 aliphatic carbocycles. The Balaban J connectivity index is 2.45. The number of hydrogen-bond acceptors (Lipinski definition) is 4. The third kappa shape index (κ3) is 4.28. The molecule has 0 radical (unpaired) electrons. The second kappa shape index (κ2) is 6.36. The molecule has 2 unspecified atom stereocenters. The lowest BCUT2D eigenvalue weighted by atomic mass is 9.99. The molecular formula is C13H25NO3. The summed E-state index contributed by atoms with van der Waals surface area (Å²) >= 11 is 0. The average Bonchev–Trinajstić information content (AvgIpc) is 2.25. The number of nitrogens with two attached hydrogens (primary N) is 1. The van der Waals surface area contributed by atoms with Crippen LogP contribution in [0.2, 0.25) is 0 Å². The Morgan fingerprint density at radius 3 is 2.41 bits per heavy atom. The first-order chi connectivity index (χ1) is 7.93. The molecule has 1 aliphatic rings. The summed E-state index contributed by atoms with van der Waals surface area (Å²) in [4.78, 5) is 11.8. The third-order valence-corrected chi connectivity index (χ3v) is 3.47. The van der Waals surface area contributed by atoms with E-state index < -0.39 is 6.04 Å². The summed E-state index contributed by atoms with van der Waals surface area (Å²) in [6.07, 6.45) is 2.67. The molecule has 2 N–H and O–H groups in total. The number of ether oxygens (including phenoxy) is 2. The molecule has 100 valence electrons. The normalized spacial score (nSPS) is 32.9. The van der Waals surface area contributed by atoms with Crippen LogP contribution in [0.3, 0.4) is 0 Å². The summed E-state index contributed by atoms with van der Waals surface area (Å²) < 4.78 is 11.1. The van der Waals surface area contributed by atoms with E-state index in [1.54, 1.807) is 0 Å². The van der Waals surface area contributed by atoms with Gasteiger partial charge in [-0.3, -0.25) is 4.79 Å². The van der Waals surface area contributed by atoms with Gasteiger partial charge in [0.25, 0.3) is 0 Å². The number of carbonyl (C=O) groups excluding carboxylic acids is 1. The van der Waals surface area contributed by atoms with Crippen LogP contribution in [0.25, 0.3) is 0 Å². The van der Waals surface area contributed by atoms with Gasteiger partial charge in [-0.05, 0) is 19.8 Å². The van der Waals surface area contributed by atoms with Gasteiger partial charge in [0.1, 0.15) is 12.1 Å². The number of esters is 1. The van der Waals surface area contributed by atoms with E-state index in [1.807, 2.05) is 27.7 Å². The van der Waals surface area contributed by atoms with Gasteiger partial charge in [0.2, 0.25) is 0 Å². The van der Waals surface area contributed by atoms with Crippen molar-refractivity contribution in [1.82, 2.24) is 0 Å². The van der Waals surface area contributed by atoms with E-state index in [-0.39, 0.29) is 30.2 Å². The molecule has 0 aromatic rings. The van der Waals surface area contributed by atoms with Crippen molar-refractivity contribution in [1.29, 1.82) is 0 Å². The Morgan fingerprint density at radius 1 is 1.41 bits per heavy atom. The lowest BCUT2D eigenvalue weighted by molar-refractivity contribution is -0.162. The topological polar surface area (TPSA) is 61.6 Å². The summed E-state index contributed by atoms with van der Waals surface area (Å²) in [6, 6.07) is -0.506. The average molecular weight is 243 g/mol. The zero-order valence-corrected chi connectivity index (χ0v) is 11.3. The van der Waals surface area contributed by atoms with E-state index in [4.69, 9.17) is 15.2 Å². The first kappa shape index (κ1) is 14.5. The first-order valence-electron chi connectivity index (χ1n) is 6.55. The van der Waals surface area contributed by atoms with Crippen LogP contribution in [0.1, 0.15) is 47.0 Å². The predicted molar refractivity (Wildman–Crippen MR) is 66.6 cm³/mol. The molecule has 0 aromatic heterocycles. The van der Waals surface area contributed by atoms with Crippen molar-refractivity contribution in [3.63, 3.8) is 0 Å². The lowest BCUT2D eigenvalue weighted by Gasteiger charge is -2.32. The molecule has 0 spiro atoms. The van der Waals surface area contributed by atoms with Crippen LogP contribution in [0.4, 0.5) is 0 Å². The van der Waals surface area contributed by atoms with Crippen LogP contribution < -0.4 is 5.73 Å². The van der Waals surface area contributed by atoms with Crippen LogP contribution in [-0.4, -0.2) is 30.3 Å². The molecule has 1 heterocycles. The monoisotopic (exact) mass is 243 g/mol. The van der Waals surface area contributed by atoms with Crippen molar-refractivity contribution in [3.8, 4) is 0 Å². The van der Waals surface area contributed by atoms with Gasteiger partial charge >= 0.3 is 5.97 Å². The van der Waals surface area contributed by atoms with Crippen LogP contribution in [0.5, 0.6) is 0 Å². The third-order valence-electron chi connectivity index (χ3n) is 3.47. The highest BCUT2D eigenvalue weighted by Crippen LogP contribution is 2.22. The largest absolute Gasteiger partial charge is 0.461 e. The van der Waals surface area contributed by atoms with Crippen molar-refractivity contribution in [2.45, 2.75) is 71.3 Å². The maximum atomic E-state index is 11.8. The summed E-state index contributed by atoms with van der Waals surface area (Å²) in [6.45, 7) is 8.01. The highest BCUT2D eigenvalue weighted by molar-refractivity contribution is 5.76. The summed E-state index contributed by atoms with van der Waals surface area (Å²) in [7, 11) is 0. The molecule has 4 heteroatoms. The molecule has 0 bridgehead atoms. The molecule has 0 amide bonds. The second-order valence-electron chi connectivity index (χ2n) is 5.20. The van der Waals surface area contributed by atoms with Crippen molar-refractivity contribution < 1.29 is 14.3 Å². The van der Waals surface area contributed by atoms with Crippen LogP contribution in [0, 0.1) is 5.92 Å². The van der Waals surface area contributed by atoms with Crippen molar-refractivity contribution in [3.05, 3.63) is 0 Å². The van der Waals surface area contributed by atoms with Gasteiger partial charge in [-0.15, -0.1) is 0 Å². The molecule has 1 saturated heterocycles. The molecule has 1 fully saturated rings. The number of carbonyl (C=O) groups is 1. The first-order valence-corrected chi connectivity index (χ1v) is 6.55. The fourth-order valence-corrected chi connectivity index (χ4v) is 2.17. The van der Waals surface area contributed by atoms with Crippen LogP contribution in [0.15, 0.2) is 0 Å². The fourth-order valence-electron chi connectivity index (χ4n) is 2.17. The van der Waals surface area contributed by atoms with Gasteiger partial charge in [-0.25, -0.2) is 0 Å². The summed E-state index contributed by atoms with van der Waals surface area (Å²) in [5.41, 5.74) is 5.85. The molecule has 1 rings (SSSR count). The van der Waals surface area contributed by atoms with Gasteiger partial charge in [0.15, 0.2) is 0 Å². The van der Waals surface area contributed by atoms with E-state index in [0.717, 1.165) is 19.3 Å². The van der Waals surface area contributed by atoms with Crippen LogP contribution in [-0.2, 0) is 14.3 Å². The van der Waals surface area contributed by atoms with E-state index in [2.05, 4.69) is 0 Å². The van der Waals surface area contributed by atoms with Gasteiger partial charge in [-0.2, -0.15) is 0 Å². The van der Waals surface area contributed by atoms with E-state index >= 15 is 0 Å². The van der Waals surface area contributed by atoms with E-state index in [0.29, 0.717) is 0 Å². The molecule has 4 nitrogen and oxygen atoms in total. The number of rotatable bonds is 4. The zero-order chi connectivity index (χ0) is 13.0. The minimum Gasteiger partial charge on any atom is -0.461 e. The number of hydrogen-bond donors (Lipinski definition) is 1. The predicted octanol–water partition coefficient (Wildman–Crippen LogP) is 1.86. The van der Waals surface area contributed by atoms with E-state index in [1.165, 1.54) is 0 Å². The van der Waals surface area contributed by atoms with Gasteiger partial charge < -0.3 is 15.2 Å². The molecule has 17 heavy (non-hydrogen) atoms. The molecule has 4 atom stereocenters. The Kier molecular flexibility index (Phi) is 5.40. The Labute approximate surface area is 104 Å². The molecule has 1 aliphatic heterocycles.